The van der Waals surface area contributed by atoms with Gasteiger partial charge in [-0.05, 0) is 48.6 Å². The summed E-state index contributed by atoms with van der Waals surface area (Å²) in [5, 5.41) is 21.2. The maximum Gasteiger partial charge on any atom is 0.162 e. The standard InChI is InChI=1S/C32H32N2O3/c1-20-10-12-22(13-11-20)30(36)29-27(21-14-16-24(37-4)17-15-21)28-25(18-32(2,3)19-26(28)35)34(31(29)33)23-8-6-5-7-9-23/h5-17,27,33,36H,18-19H2,1-4H3. The number of nitrogens with one attached hydrogen (secondary N) is 1. The van der Waals surface area contributed by atoms with Gasteiger partial charge in [-0.15, -0.1) is 0 Å². The van der Waals surface area contributed by atoms with Gasteiger partial charge in [-0.1, -0.05) is 74.0 Å². The fourth-order valence-electron chi connectivity index (χ4n) is 5.47. The van der Waals surface area contributed by atoms with Crippen molar-refractivity contribution < 1.29 is 14.6 Å². The summed E-state index contributed by atoms with van der Waals surface area (Å²) in [6.07, 6.45) is 1.06. The van der Waals surface area contributed by atoms with E-state index in [9.17, 15) is 15.3 Å². The highest BCUT2D eigenvalue weighted by molar-refractivity contribution is 6.19. The molecule has 1 heterocycles. The number of hydrogen-bond acceptors (Lipinski definition) is 4. The Kier molecular flexibility index (Phi) is 6.24. The van der Waals surface area contributed by atoms with Crippen LogP contribution in [0.15, 0.2) is 95.7 Å². The lowest BCUT2D eigenvalue weighted by molar-refractivity contribution is -0.118. The highest BCUT2D eigenvalue weighted by atomic mass is 16.5. The number of aliphatic hydroxyl groups is 1. The number of ether oxygens (including phenoxy) is 1. The van der Waals surface area contributed by atoms with Crippen molar-refractivity contribution in [2.24, 2.45) is 5.41 Å². The Morgan fingerprint density at radius 1 is 0.973 bits per heavy atom. The third kappa shape index (κ3) is 4.46. The molecule has 2 N–H and O–H groups in total. The van der Waals surface area contributed by atoms with E-state index in [-0.39, 0.29) is 22.8 Å². The van der Waals surface area contributed by atoms with E-state index in [0.717, 1.165) is 22.5 Å². The highest BCUT2D eigenvalue weighted by Crippen LogP contribution is 2.51. The lowest BCUT2D eigenvalue weighted by Gasteiger charge is -2.45. The van der Waals surface area contributed by atoms with E-state index in [1.165, 1.54) is 0 Å². The quantitative estimate of drug-likeness (QED) is 0.378. The minimum atomic E-state index is -0.571. The topological polar surface area (TPSA) is 73.6 Å². The average Bonchev–Trinajstić information content (AvgIpc) is 2.88. The van der Waals surface area contributed by atoms with Crippen molar-refractivity contribution in [3.05, 3.63) is 112 Å². The van der Waals surface area contributed by atoms with E-state index in [4.69, 9.17) is 4.74 Å². The van der Waals surface area contributed by atoms with Crippen molar-refractivity contribution in [3.63, 3.8) is 0 Å². The van der Waals surface area contributed by atoms with E-state index in [0.29, 0.717) is 35.3 Å². The van der Waals surface area contributed by atoms with Crippen molar-refractivity contribution in [3.8, 4) is 5.75 Å². The first-order valence-electron chi connectivity index (χ1n) is 12.5. The Morgan fingerprint density at radius 3 is 2.24 bits per heavy atom. The Bertz CT molecular complexity index is 1420. The number of carbonyl (C=O) groups excluding carboxylic acids is 1. The number of benzene rings is 3. The molecule has 2 aliphatic rings. The second-order valence-electron chi connectivity index (χ2n) is 10.7. The minimum Gasteiger partial charge on any atom is -0.507 e. The van der Waals surface area contributed by atoms with Gasteiger partial charge < -0.3 is 9.84 Å². The Morgan fingerprint density at radius 2 is 1.62 bits per heavy atom. The monoisotopic (exact) mass is 492 g/mol. The zero-order valence-corrected chi connectivity index (χ0v) is 21.7. The van der Waals surface area contributed by atoms with Gasteiger partial charge in [0.25, 0.3) is 0 Å². The molecule has 3 aromatic carbocycles. The van der Waals surface area contributed by atoms with Crippen LogP contribution < -0.4 is 9.64 Å². The molecular weight excluding hydrogens is 460 g/mol. The third-order valence-corrected chi connectivity index (χ3v) is 7.27. The van der Waals surface area contributed by atoms with Gasteiger partial charge >= 0.3 is 0 Å². The van der Waals surface area contributed by atoms with Gasteiger partial charge in [0, 0.05) is 40.4 Å². The number of methoxy groups -OCH3 is 1. The third-order valence-electron chi connectivity index (χ3n) is 7.27. The number of anilines is 1. The van der Waals surface area contributed by atoms with Crippen LogP contribution in [0.1, 0.15) is 49.3 Å². The molecule has 5 nitrogen and oxygen atoms in total. The molecule has 5 rings (SSSR count). The van der Waals surface area contributed by atoms with Crippen LogP contribution in [0.3, 0.4) is 0 Å². The summed E-state index contributed by atoms with van der Waals surface area (Å²) < 4.78 is 5.37. The van der Waals surface area contributed by atoms with Crippen molar-refractivity contribution >= 4 is 23.1 Å². The first kappa shape index (κ1) is 24.6. The van der Waals surface area contributed by atoms with E-state index in [1.807, 2.05) is 90.7 Å². The summed E-state index contributed by atoms with van der Waals surface area (Å²) in [6.45, 7) is 6.19. The van der Waals surface area contributed by atoms with Gasteiger partial charge in [-0.3, -0.25) is 15.1 Å². The lowest BCUT2D eigenvalue weighted by Crippen LogP contribution is -2.45. The number of allylic oxidation sites excluding steroid dienone is 2. The molecule has 1 unspecified atom stereocenters. The van der Waals surface area contributed by atoms with Crippen LogP contribution in [0.25, 0.3) is 5.76 Å². The second-order valence-corrected chi connectivity index (χ2v) is 10.7. The van der Waals surface area contributed by atoms with Crippen LogP contribution in [-0.2, 0) is 4.79 Å². The van der Waals surface area contributed by atoms with E-state index in [1.54, 1.807) is 7.11 Å². The van der Waals surface area contributed by atoms with Crippen LogP contribution in [0, 0.1) is 17.7 Å². The van der Waals surface area contributed by atoms with Gasteiger partial charge in [0.1, 0.15) is 17.3 Å². The number of nitrogens with zero attached hydrogens (tertiary/aromatic N) is 1. The van der Waals surface area contributed by atoms with E-state index < -0.39 is 5.92 Å². The number of aryl methyl sites for hydroxylation is 1. The van der Waals surface area contributed by atoms with Crippen LogP contribution in [0.4, 0.5) is 5.69 Å². The van der Waals surface area contributed by atoms with Gasteiger partial charge in [0.15, 0.2) is 5.78 Å². The average molecular weight is 493 g/mol. The van der Waals surface area contributed by atoms with Gasteiger partial charge in [0.05, 0.1) is 7.11 Å². The summed E-state index contributed by atoms with van der Waals surface area (Å²) >= 11 is 0. The van der Waals surface area contributed by atoms with Crippen molar-refractivity contribution in [1.29, 1.82) is 5.41 Å². The molecular formula is C32H32N2O3. The summed E-state index contributed by atoms with van der Waals surface area (Å²) in [7, 11) is 1.62. The van der Waals surface area contributed by atoms with Gasteiger partial charge in [0.2, 0.25) is 0 Å². The number of Topliss-reactive ketones (excluding diaryl/α,β-unsaturated/α-hetero) is 1. The fourth-order valence-corrected chi connectivity index (χ4v) is 5.47. The van der Waals surface area contributed by atoms with Crippen LogP contribution in [0.2, 0.25) is 0 Å². The number of ketones is 1. The smallest absolute Gasteiger partial charge is 0.162 e. The maximum atomic E-state index is 13.9. The number of aliphatic hydroxyl groups excluding tert-OH is 1. The Balaban J connectivity index is 1.83. The summed E-state index contributed by atoms with van der Waals surface area (Å²) in [4.78, 5) is 15.8. The molecule has 0 radical (unpaired) electrons. The van der Waals surface area contributed by atoms with Crippen molar-refractivity contribution in [2.45, 2.75) is 39.5 Å². The molecule has 0 saturated heterocycles. The number of amidine groups is 1. The molecule has 37 heavy (non-hydrogen) atoms. The molecule has 0 fully saturated rings. The molecule has 3 aromatic rings. The Hall–Kier alpha value is -4.12. The molecule has 188 valence electrons. The molecule has 1 atom stereocenters. The molecule has 0 spiro atoms. The van der Waals surface area contributed by atoms with Crippen LogP contribution in [0.5, 0.6) is 5.75 Å². The first-order valence-corrected chi connectivity index (χ1v) is 12.5. The largest absolute Gasteiger partial charge is 0.507 e. The predicted octanol–water partition coefficient (Wildman–Crippen LogP) is 7.20. The van der Waals surface area contributed by atoms with Crippen LogP contribution in [-0.4, -0.2) is 23.8 Å². The zero-order chi connectivity index (χ0) is 26.3. The summed E-state index contributed by atoms with van der Waals surface area (Å²) in [5.74, 6) is 0.373. The number of hydrogen-bond donors (Lipinski definition) is 2. The number of carbonyl (C=O) groups is 1. The van der Waals surface area contributed by atoms with Gasteiger partial charge in [-0.25, -0.2) is 0 Å². The number of rotatable bonds is 4. The molecule has 0 aromatic heterocycles. The molecule has 5 heteroatoms. The SMILES string of the molecule is COc1ccc(C2C(=C(O)c3ccc(C)cc3)C(=N)N(c3ccccc3)C3=C2C(=O)CC(C)(C)C3)cc1. The first-order chi connectivity index (χ1) is 17.7. The highest BCUT2D eigenvalue weighted by Gasteiger charge is 2.46. The lowest BCUT2D eigenvalue weighted by atomic mass is 9.67. The maximum absolute atomic E-state index is 13.9. The van der Waals surface area contributed by atoms with Crippen molar-refractivity contribution in [1.82, 2.24) is 0 Å². The summed E-state index contributed by atoms with van der Waals surface area (Å²) in [6, 6.07) is 24.9. The predicted molar refractivity (Wildman–Crippen MR) is 148 cm³/mol. The van der Waals surface area contributed by atoms with Crippen molar-refractivity contribution in [2.75, 3.05) is 12.0 Å². The molecule has 1 aliphatic carbocycles. The molecule has 0 bridgehead atoms. The van der Waals surface area contributed by atoms with E-state index in [2.05, 4.69) is 13.8 Å². The van der Waals surface area contributed by atoms with E-state index >= 15 is 0 Å². The second kappa shape index (κ2) is 9.40. The number of para-hydroxylation sites is 1. The zero-order valence-electron chi connectivity index (χ0n) is 21.7. The summed E-state index contributed by atoms with van der Waals surface area (Å²) in [5.41, 5.74) is 4.99. The molecule has 1 aliphatic heterocycles. The fraction of sp³-hybridized carbons (Fsp3) is 0.250. The normalized spacial score (nSPS) is 20.5. The van der Waals surface area contributed by atoms with Gasteiger partial charge in [-0.2, -0.15) is 0 Å². The molecule has 0 amide bonds. The Labute approximate surface area is 218 Å². The molecule has 0 saturated carbocycles. The van der Waals surface area contributed by atoms with Crippen LogP contribution >= 0.6 is 0 Å². The minimum absolute atomic E-state index is 0.0101.